The Kier molecular flexibility index (Phi) is 4.79. The zero-order valence-electron chi connectivity index (χ0n) is 12.8. The highest BCUT2D eigenvalue weighted by Crippen LogP contribution is 2.19. The second-order valence-electron chi connectivity index (χ2n) is 5.33. The summed E-state index contributed by atoms with van der Waals surface area (Å²) in [5.74, 6) is 0.870. The average molecular weight is 302 g/mol. The van der Waals surface area contributed by atoms with Crippen LogP contribution in [0.5, 0.6) is 0 Å². The van der Waals surface area contributed by atoms with Gasteiger partial charge in [0.05, 0.1) is 0 Å². The fourth-order valence-electron chi connectivity index (χ4n) is 2.40. The maximum atomic E-state index is 10.7. The fourth-order valence-corrected chi connectivity index (χ4v) is 2.40. The minimum Gasteiger partial charge on any atom is -0.370 e. The van der Waals surface area contributed by atoms with E-state index in [4.69, 9.17) is 0 Å². The maximum absolute atomic E-state index is 10.7. The average Bonchev–Trinajstić information content (AvgIpc) is 2.63. The van der Waals surface area contributed by atoms with Crippen molar-refractivity contribution in [1.29, 1.82) is 0 Å². The molecule has 3 nitrogen and oxygen atoms in total. The Morgan fingerprint density at radius 1 is 0.870 bits per heavy atom. The molecule has 3 heteroatoms. The largest absolute Gasteiger partial charge is 0.370 e. The molecule has 2 aromatic carbocycles. The van der Waals surface area contributed by atoms with E-state index in [0.717, 1.165) is 36.2 Å². The lowest BCUT2D eigenvalue weighted by Gasteiger charge is -2.07. The van der Waals surface area contributed by atoms with Gasteiger partial charge in [0.1, 0.15) is 12.1 Å². The topological polar surface area (TPSA) is 42.0 Å². The molecule has 3 rings (SSSR count). The molecule has 1 heterocycles. The van der Waals surface area contributed by atoms with E-state index in [1.165, 1.54) is 5.56 Å². The molecule has 0 aliphatic rings. The highest BCUT2D eigenvalue weighted by Gasteiger charge is 2.00. The van der Waals surface area contributed by atoms with Gasteiger partial charge in [-0.1, -0.05) is 54.6 Å². The maximum Gasteiger partial charge on any atom is 0.150 e. The second kappa shape index (κ2) is 7.36. The summed E-state index contributed by atoms with van der Waals surface area (Å²) in [5, 5.41) is 3.33. The molecular weight excluding hydrogens is 284 g/mol. The summed E-state index contributed by atoms with van der Waals surface area (Å²) in [6.07, 6.45) is 3.67. The molecule has 0 amide bonds. The molecule has 0 radical (unpaired) electrons. The normalized spacial score (nSPS) is 10.3. The molecule has 114 valence electrons. The minimum absolute atomic E-state index is 0.681. The standard InChI is InChI=1S/C20H18N2O/c23-15-17-6-8-18(9-7-17)19-10-11-20(22-14-19)21-13-12-16-4-2-1-3-5-16/h1-11,14-15H,12-13H2,(H,21,22). The van der Waals surface area contributed by atoms with E-state index in [1.807, 2.05) is 48.7 Å². The smallest absolute Gasteiger partial charge is 0.150 e. The van der Waals surface area contributed by atoms with Gasteiger partial charge >= 0.3 is 0 Å². The van der Waals surface area contributed by atoms with Gasteiger partial charge in [0.2, 0.25) is 0 Å². The van der Waals surface area contributed by atoms with Crippen molar-refractivity contribution in [3.63, 3.8) is 0 Å². The second-order valence-corrected chi connectivity index (χ2v) is 5.33. The Morgan fingerprint density at radius 2 is 1.61 bits per heavy atom. The number of pyridine rings is 1. The first-order valence-electron chi connectivity index (χ1n) is 7.64. The van der Waals surface area contributed by atoms with Crippen LogP contribution in [0.15, 0.2) is 72.9 Å². The Hall–Kier alpha value is -2.94. The fraction of sp³-hybridized carbons (Fsp3) is 0.100. The molecule has 0 aliphatic heterocycles. The van der Waals surface area contributed by atoms with Crippen molar-refractivity contribution in [1.82, 2.24) is 4.98 Å². The van der Waals surface area contributed by atoms with Gasteiger partial charge in [0.15, 0.2) is 0 Å². The molecule has 0 aliphatic carbocycles. The van der Waals surface area contributed by atoms with Gasteiger partial charge in [0, 0.05) is 23.9 Å². The van der Waals surface area contributed by atoms with Gasteiger partial charge in [-0.15, -0.1) is 0 Å². The molecule has 0 saturated heterocycles. The lowest BCUT2D eigenvalue weighted by Crippen LogP contribution is -2.05. The Balaban J connectivity index is 1.59. The van der Waals surface area contributed by atoms with Crippen LogP contribution in [-0.2, 0) is 6.42 Å². The number of nitrogens with one attached hydrogen (secondary N) is 1. The Labute approximate surface area is 136 Å². The number of carbonyl (C=O) groups is 1. The van der Waals surface area contributed by atoms with Crippen LogP contribution in [0.4, 0.5) is 5.82 Å². The number of aldehydes is 1. The molecule has 0 unspecified atom stereocenters. The van der Waals surface area contributed by atoms with Gasteiger partial charge in [-0.3, -0.25) is 4.79 Å². The number of anilines is 1. The lowest BCUT2D eigenvalue weighted by molar-refractivity contribution is 0.112. The minimum atomic E-state index is 0.681. The Morgan fingerprint density at radius 3 is 2.26 bits per heavy atom. The zero-order chi connectivity index (χ0) is 15.9. The van der Waals surface area contributed by atoms with E-state index in [-0.39, 0.29) is 0 Å². The number of nitrogens with zero attached hydrogens (tertiary/aromatic N) is 1. The SMILES string of the molecule is O=Cc1ccc(-c2ccc(NCCc3ccccc3)nc2)cc1. The summed E-state index contributed by atoms with van der Waals surface area (Å²) in [5.41, 5.74) is 4.09. The number of aromatic nitrogens is 1. The predicted molar refractivity (Wildman–Crippen MR) is 93.7 cm³/mol. The summed E-state index contributed by atoms with van der Waals surface area (Å²) < 4.78 is 0. The van der Waals surface area contributed by atoms with Gasteiger partial charge in [0.25, 0.3) is 0 Å². The van der Waals surface area contributed by atoms with Crippen molar-refractivity contribution in [2.45, 2.75) is 6.42 Å². The van der Waals surface area contributed by atoms with E-state index in [2.05, 4.69) is 34.6 Å². The van der Waals surface area contributed by atoms with Crippen LogP contribution < -0.4 is 5.32 Å². The van der Waals surface area contributed by atoms with Gasteiger partial charge in [-0.2, -0.15) is 0 Å². The molecule has 1 aromatic heterocycles. The first-order valence-corrected chi connectivity index (χ1v) is 7.64. The molecule has 0 saturated carbocycles. The van der Waals surface area contributed by atoms with Crippen LogP contribution in [0.2, 0.25) is 0 Å². The first-order chi connectivity index (χ1) is 11.3. The van der Waals surface area contributed by atoms with Crippen LogP contribution in [0.1, 0.15) is 15.9 Å². The van der Waals surface area contributed by atoms with Crippen molar-refractivity contribution in [2.24, 2.45) is 0 Å². The van der Waals surface area contributed by atoms with Gasteiger partial charge in [-0.25, -0.2) is 4.98 Å². The van der Waals surface area contributed by atoms with Crippen molar-refractivity contribution >= 4 is 12.1 Å². The van der Waals surface area contributed by atoms with E-state index in [1.54, 1.807) is 0 Å². The summed E-state index contributed by atoms with van der Waals surface area (Å²) in [6, 6.07) is 21.9. The molecular formula is C20H18N2O. The molecule has 0 atom stereocenters. The zero-order valence-corrected chi connectivity index (χ0v) is 12.8. The van der Waals surface area contributed by atoms with E-state index in [0.29, 0.717) is 5.56 Å². The van der Waals surface area contributed by atoms with Crippen LogP contribution in [0.3, 0.4) is 0 Å². The van der Waals surface area contributed by atoms with Gasteiger partial charge in [-0.05, 0) is 29.7 Å². The molecule has 0 spiro atoms. The van der Waals surface area contributed by atoms with Crippen molar-refractivity contribution < 1.29 is 4.79 Å². The van der Waals surface area contributed by atoms with E-state index >= 15 is 0 Å². The molecule has 0 bridgehead atoms. The summed E-state index contributed by atoms with van der Waals surface area (Å²) in [4.78, 5) is 15.1. The van der Waals surface area contributed by atoms with Crippen LogP contribution in [0, 0.1) is 0 Å². The molecule has 3 aromatic rings. The van der Waals surface area contributed by atoms with Gasteiger partial charge < -0.3 is 5.32 Å². The summed E-state index contributed by atoms with van der Waals surface area (Å²) >= 11 is 0. The quantitative estimate of drug-likeness (QED) is 0.693. The number of benzene rings is 2. The van der Waals surface area contributed by atoms with Crippen LogP contribution >= 0.6 is 0 Å². The van der Waals surface area contributed by atoms with Crippen molar-refractivity contribution in [3.8, 4) is 11.1 Å². The third-order valence-corrected chi connectivity index (χ3v) is 3.71. The summed E-state index contributed by atoms with van der Waals surface area (Å²) in [7, 11) is 0. The Bertz CT molecular complexity index is 750. The molecule has 0 fully saturated rings. The van der Waals surface area contributed by atoms with Crippen LogP contribution in [-0.4, -0.2) is 17.8 Å². The number of carbonyl (C=O) groups excluding carboxylic acids is 1. The van der Waals surface area contributed by atoms with E-state index in [9.17, 15) is 4.79 Å². The summed E-state index contributed by atoms with van der Waals surface area (Å²) in [6.45, 7) is 0.852. The number of hydrogen-bond donors (Lipinski definition) is 1. The third-order valence-electron chi connectivity index (χ3n) is 3.71. The van der Waals surface area contributed by atoms with Crippen LogP contribution in [0.25, 0.3) is 11.1 Å². The highest BCUT2D eigenvalue weighted by molar-refractivity contribution is 5.76. The highest BCUT2D eigenvalue weighted by atomic mass is 16.1. The first kappa shape index (κ1) is 15.0. The predicted octanol–water partition coefficient (Wildman–Crippen LogP) is 4.22. The van der Waals surface area contributed by atoms with E-state index < -0.39 is 0 Å². The number of hydrogen-bond acceptors (Lipinski definition) is 3. The third kappa shape index (κ3) is 4.04. The number of rotatable bonds is 6. The lowest BCUT2D eigenvalue weighted by atomic mass is 10.1. The van der Waals surface area contributed by atoms with Crippen molar-refractivity contribution in [2.75, 3.05) is 11.9 Å². The molecule has 23 heavy (non-hydrogen) atoms. The van der Waals surface area contributed by atoms with Crippen molar-refractivity contribution in [3.05, 3.63) is 84.1 Å². The monoisotopic (exact) mass is 302 g/mol. The molecule has 1 N–H and O–H groups in total.